The zero-order valence-electron chi connectivity index (χ0n) is 13.0. The predicted molar refractivity (Wildman–Crippen MR) is 99.4 cm³/mol. The Kier molecular flexibility index (Phi) is 5.73. The molecule has 2 atom stereocenters. The van der Waals surface area contributed by atoms with Gasteiger partial charge in [-0.15, -0.1) is 0 Å². The second-order valence-electron chi connectivity index (χ2n) is 5.60. The molecule has 132 valence electrons. The lowest BCUT2D eigenvalue weighted by molar-refractivity contribution is -0.129. The summed E-state index contributed by atoms with van der Waals surface area (Å²) in [6, 6.07) is 6.56. The van der Waals surface area contributed by atoms with E-state index in [1.807, 2.05) is 0 Å². The molecule has 3 amide bonds. The van der Waals surface area contributed by atoms with Crippen molar-refractivity contribution in [3.8, 4) is 0 Å². The van der Waals surface area contributed by atoms with Gasteiger partial charge in [0.15, 0.2) is 0 Å². The molecule has 25 heavy (non-hydrogen) atoms. The molecule has 0 spiro atoms. The molecule has 6 nitrogen and oxygen atoms in total. The van der Waals surface area contributed by atoms with Gasteiger partial charge in [0, 0.05) is 16.5 Å². The summed E-state index contributed by atoms with van der Waals surface area (Å²) in [5.74, 6) is 0.211. The maximum absolute atomic E-state index is 12.4. The number of rotatable bonds is 4. The highest BCUT2D eigenvalue weighted by Crippen LogP contribution is 2.32. The van der Waals surface area contributed by atoms with E-state index in [2.05, 4.69) is 5.32 Å². The minimum absolute atomic E-state index is 0.247. The van der Waals surface area contributed by atoms with Crippen LogP contribution in [0, 0.1) is 0 Å². The predicted octanol–water partition coefficient (Wildman–Crippen LogP) is 1.97. The van der Waals surface area contributed by atoms with Gasteiger partial charge in [-0.05, 0) is 35.5 Å². The standard InChI is InChI=1S/C16H15ClN2O4S2/c17-10-3-1-2-9(4-10)5-13-15(22)19(16(23)25-13)6-14(21)18-11-7-24-8-12(11)20/h1-5,11-12,20H,6-8H2,(H,18,21)/b13-5-/t11-,12-/m1/s1. The number of thioether (sulfide) groups is 2. The molecule has 2 aliphatic heterocycles. The van der Waals surface area contributed by atoms with Crippen LogP contribution in [-0.4, -0.2) is 57.3 Å². The molecule has 2 saturated heterocycles. The number of halogens is 1. The third kappa shape index (κ3) is 4.38. The van der Waals surface area contributed by atoms with Gasteiger partial charge in [0.25, 0.3) is 11.1 Å². The smallest absolute Gasteiger partial charge is 0.294 e. The van der Waals surface area contributed by atoms with Crippen molar-refractivity contribution in [2.45, 2.75) is 12.1 Å². The Morgan fingerprint density at radius 1 is 1.40 bits per heavy atom. The topological polar surface area (TPSA) is 86.7 Å². The molecule has 0 unspecified atom stereocenters. The van der Waals surface area contributed by atoms with Crippen LogP contribution >= 0.6 is 35.1 Å². The minimum Gasteiger partial charge on any atom is -0.390 e. The SMILES string of the molecule is O=C(CN1C(=O)S/C(=C\c2cccc(Cl)c2)C1=O)N[C@@H]1CSC[C@H]1O. The summed E-state index contributed by atoms with van der Waals surface area (Å²) in [4.78, 5) is 37.7. The molecule has 9 heteroatoms. The molecule has 0 saturated carbocycles. The van der Waals surface area contributed by atoms with Crippen LogP contribution in [0.15, 0.2) is 29.2 Å². The average molecular weight is 399 g/mol. The normalized spacial score (nSPS) is 25.0. The van der Waals surface area contributed by atoms with Crippen LogP contribution in [0.4, 0.5) is 4.79 Å². The number of nitrogens with one attached hydrogen (secondary N) is 1. The van der Waals surface area contributed by atoms with E-state index in [1.54, 1.807) is 42.1 Å². The molecular weight excluding hydrogens is 384 g/mol. The Hall–Kier alpha value is -1.48. The van der Waals surface area contributed by atoms with Crippen LogP contribution in [0.1, 0.15) is 5.56 Å². The van der Waals surface area contributed by atoms with Crippen LogP contribution in [0.5, 0.6) is 0 Å². The number of benzene rings is 1. The number of aliphatic hydroxyl groups excluding tert-OH is 1. The van der Waals surface area contributed by atoms with E-state index < -0.39 is 23.2 Å². The Balaban J connectivity index is 1.66. The van der Waals surface area contributed by atoms with Crippen LogP contribution < -0.4 is 5.32 Å². The van der Waals surface area contributed by atoms with Crippen molar-refractivity contribution in [1.29, 1.82) is 0 Å². The fourth-order valence-electron chi connectivity index (χ4n) is 2.46. The lowest BCUT2D eigenvalue weighted by Gasteiger charge is -2.18. The number of imide groups is 1. The number of carbonyl (C=O) groups is 3. The molecule has 2 N–H and O–H groups in total. The quantitative estimate of drug-likeness (QED) is 0.754. The summed E-state index contributed by atoms with van der Waals surface area (Å²) >= 11 is 8.24. The third-order valence-electron chi connectivity index (χ3n) is 3.72. The third-order valence-corrected chi connectivity index (χ3v) is 6.03. The molecule has 1 aromatic carbocycles. The Morgan fingerprint density at radius 2 is 2.20 bits per heavy atom. The van der Waals surface area contributed by atoms with E-state index in [0.29, 0.717) is 22.1 Å². The average Bonchev–Trinajstić information content (AvgIpc) is 3.06. The van der Waals surface area contributed by atoms with Crippen molar-refractivity contribution in [1.82, 2.24) is 10.2 Å². The van der Waals surface area contributed by atoms with Crippen LogP contribution in [0.25, 0.3) is 6.08 Å². The Bertz CT molecular complexity index is 755. The molecule has 2 aliphatic rings. The van der Waals surface area contributed by atoms with Gasteiger partial charge >= 0.3 is 0 Å². The number of carbonyl (C=O) groups excluding carboxylic acids is 3. The first-order valence-electron chi connectivity index (χ1n) is 7.50. The maximum atomic E-state index is 12.4. The first-order chi connectivity index (χ1) is 11.9. The Labute approximate surface area is 158 Å². The van der Waals surface area contributed by atoms with Gasteiger partial charge in [0.2, 0.25) is 5.91 Å². The van der Waals surface area contributed by atoms with Gasteiger partial charge in [-0.2, -0.15) is 11.8 Å². The Morgan fingerprint density at radius 3 is 2.88 bits per heavy atom. The van der Waals surface area contributed by atoms with E-state index in [4.69, 9.17) is 11.6 Å². The van der Waals surface area contributed by atoms with Crippen molar-refractivity contribution >= 4 is 58.3 Å². The molecule has 2 fully saturated rings. The molecule has 2 heterocycles. The summed E-state index contributed by atoms with van der Waals surface area (Å²) in [5.41, 5.74) is 0.702. The zero-order valence-corrected chi connectivity index (χ0v) is 15.4. The van der Waals surface area contributed by atoms with E-state index in [0.717, 1.165) is 16.7 Å². The summed E-state index contributed by atoms with van der Waals surface area (Å²) in [6.45, 7) is -0.356. The molecular formula is C16H15ClN2O4S2. The van der Waals surface area contributed by atoms with E-state index >= 15 is 0 Å². The van der Waals surface area contributed by atoms with Crippen molar-refractivity contribution in [3.63, 3.8) is 0 Å². The lowest BCUT2D eigenvalue weighted by Crippen LogP contribution is -2.47. The van der Waals surface area contributed by atoms with Gasteiger partial charge in [0.1, 0.15) is 6.54 Å². The van der Waals surface area contributed by atoms with Crippen LogP contribution in [-0.2, 0) is 9.59 Å². The fraction of sp³-hybridized carbons (Fsp3) is 0.312. The zero-order chi connectivity index (χ0) is 18.0. The summed E-state index contributed by atoms with van der Waals surface area (Å²) in [6.07, 6.45) is 0.970. The highest BCUT2D eigenvalue weighted by molar-refractivity contribution is 8.18. The summed E-state index contributed by atoms with van der Waals surface area (Å²) in [5, 5.41) is 12.4. The fourth-order valence-corrected chi connectivity index (χ4v) is 4.67. The highest BCUT2D eigenvalue weighted by atomic mass is 35.5. The monoisotopic (exact) mass is 398 g/mol. The molecule has 0 bridgehead atoms. The number of hydrogen-bond donors (Lipinski definition) is 2. The van der Waals surface area contributed by atoms with E-state index in [1.165, 1.54) is 0 Å². The maximum Gasteiger partial charge on any atom is 0.294 e. The number of amides is 3. The van der Waals surface area contributed by atoms with Gasteiger partial charge in [-0.25, -0.2) is 0 Å². The second-order valence-corrected chi connectivity index (χ2v) is 8.11. The van der Waals surface area contributed by atoms with Crippen LogP contribution in [0.2, 0.25) is 5.02 Å². The number of hydrogen-bond acceptors (Lipinski definition) is 6. The molecule has 1 aromatic rings. The molecule has 0 radical (unpaired) electrons. The largest absolute Gasteiger partial charge is 0.390 e. The van der Waals surface area contributed by atoms with E-state index in [-0.39, 0.29) is 17.5 Å². The molecule has 3 rings (SSSR count). The first kappa shape index (κ1) is 18.3. The minimum atomic E-state index is -0.605. The van der Waals surface area contributed by atoms with Crippen molar-refractivity contribution in [2.24, 2.45) is 0 Å². The summed E-state index contributed by atoms with van der Waals surface area (Å²) < 4.78 is 0. The van der Waals surface area contributed by atoms with Gasteiger partial charge < -0.3 is 10.4 Å². The van der Waals surface area contributed by atoms with Crippen molar-refractivity contribution in [3.05, 3.63) is 39.8 Å². The molecule has 0 aliphatic carbocycles. The lowest BCUT2D eigenvalue weighted by atomic mass is 10.2. The van der Waals surface area contributed by atoms with Gasteiger partial charge in [-0.3, -0.25) is 19.3 Å². The van der Waals surface area contributed by atoms with Crippen molar-refractivity contribution in [2.75, 3.05) is 18.1 Å². The van der Waals surface area contributed by atoms with Crippen molar-refractivity contribution < 1.29 is 19.5 Å². The van der Waals surface area contributed by atoms with E-state index in [9.17, 15) is 19.5 Å². The highest BCUT2D eigenvalue weighted by Gasteiger charge is 2.37. The second kappa shape index (κ2) is 7.82. The van der Waals surface area contributed by atoms with Gasteiger partial charge in [0.05, 0.1) is 17.1 Å². The number of aliphatic hydroxyl groups is 1. The van der Waals surface area contributed by atoms with Gasteiger partial charge in [-0.1, -0.05) is 23.7 Å². The van der Waals surface area contributed by atoms with Crippen LogP contribution in [0.3, 0.4) is 0 Å². The molecule has 0 aromatic heterocycles. The summed E-state index contributed by atoms with van der Waals surface area (Å²) in [7, 11) is 0. The number of nitrogens with zero attached hydrogens (tertiary/aromatic N) is 1. The first-order valence-corrected chi connectivity index (χ1v) is 9.85.